The van der Waals surface area contributed by atoms with Crippen molar-refractivity contribution in [1.29, 1.82) is 0 Å². The van der Waals surface area contributed by atoms with Crippen LogP contribution in [0.25, 0.3) is 0 Å². The first-order valence-electron chi connectivity index (χ1n) is 5.87. The van der Waals surface area contributed by atoms with Gasteiger partial charge in [0.1, 0.15) is 11.5 Å². The summed E-state index contributed by atoms with van der Waals surface area (Å²) in [6.07, 6.45) is 0. The lowest BCUT2D eigenvalue weighted by Crippen LogP contribution is -2.16. The SMILES string of the molecule is COC(=O)C(=O)c1ccccc1Oc1ccc(Cl)cc1Cl. The number of ether oxygens (including phenoxy) is 2. The average molecular weight is 325 g/mol. The lowest BCUT2D eigenvalue weighted by atomic mass is 10.1. The van der Waals surface area contributed by atoms with Gasteiger partial charge in [0.15, 0.2) is 0 Å². The van der Waals surface area contributed by atoms with Crippen LogP contribution >= 0.6 is 23.2 Å². The van der Waals surface area contributed by atoms with Gasteiger partial charge in [-0.3, -0.25) is 4.79 Å². The Morgan fingerprint density at radius 2 is 1.71 bits per heavy atom. The van der Waals surface area contributed by atoms with E-state index in [4.69, 9.17) is 27.9 Å². The Morgan fingerprint density at radius 3 is 2.38 bits per heavy atom. The first-order chi connectivity index (χ1) is 10.0. The maximum absolute atomic E-state index is 11.9. The van der Waals surface area contributed by atoms with Crippen molar-refractivity contribution in [2.24, 2.45) is 0 Å². The maximum atomic E-state index is 11.9. The predicted octanol–water partition coefficient (Wildman–Crippen LogP) is 4.14. The molecule has 0 fully saturated rings. The summed E-state index contributed by atoms with van der Waals surface area (Å²) < 4.78 is 10.0. The molecule has 0 saturated heterocycles. The van der Waals surface area contributed by atoms with Crippen LogP contribution in [0.15, 0.2) is 42.5 Å². The second-order valence-electron chi connectivity index (χ2n) is 3.99. The van der Waals surface area contributed by atoms with Crippen molar-refractivity contribution in [3.8, 4) is 11.5 Å². The molecule has 0 unspecified atom stereocenters. The van der Waals surface area contributed by atoms with Gasteiger partial charge in [-0.05, 0) is 30.3 Å². The number of esters is 1. The van der Waals surface area contributed by atoms with E-state index < -0.39 is 11.8 Å². The Labute approximate surface area is 131 Å². The Balaban J connectivity index is 2.37. The molecule has 0 atom stereocenters. The second kappa shape index (κ2) is 6.61. The van der Waals surface area contributed by atoms with Crippen LogP contribution in [0.5, 0.6) is 11.5 Å². The zero-order chi connectivity index (χ0) is 15.4. The second-order valence-corrected chi connectivity index (χ2v) is 4.84. The van der Waals surface area contributed by atoms with Gasteiger partial charge < -0.3 is 9.47 Å². The number of methoxy groups -OCH3 is 1. The van der Waals surface area contributed by atoms with Crippen molar-refractivity contribution in [1.82, 2.24) is 0 Å². The topological polar surface area (TPSA) is 52.6 Å². The standard InChI is InChI=1S/C15H10Cl2O4/c1-20-15(19)14(18)10-4-2-3-5-12(10)21-13-7-6-9(16)8-11(13)17/h2-8H,1H3. The van der Waals surface area contributed by atoms with Crippen molar-refractivity contribution >= 4 is 35.0 Å². The molecule has 0 aromatic heterocycles. The van der Waals surface area contributed by atoms with Crippen LogP contribution < -0.4 is 4.74 Å². The van der Waals surface area contributed by atoms with Crippen LogP contribution in [0.2, 0.25) is 10.0 Å². The fraction of sp³-hybridized carbons (Fsp3) is 0.0667. The molecule has 0 saturated carbocycles. The van der Waals surface area contributed by atoms with Crippen LogP contribution in [-0.2, 0) is 9.53 Å². The summed E-state index contributed by atoms with van der Waals surface area (Å²) in [5.74, 6) is -1.23. The highest BCUT2D eigenvalue weighted by atomic mass is 35.5. The van der Waals surface area contributed by atoms with Gasteiger partial charge in [0.2, 0.25) is 0 Å². The van der Waals surface area contributed by atoms with E-state index in [9.17, 15) is 9.59 Å². The summed E-state index contributed by atoms with van der Waals surface area (Å²) in [7, 11) is 1.14. The molecule has 2 aromatic carbocycles. The highest BCUT2D eigenvalue weighted by Crippen LogP contribution is 2.33. The van der Waals surface area contributed by atoms with Gasteiger partial charge >= 0.3 is 5.97 Å². The molecule has 0 aliphatic heterocycles. The molecule has 0 N–H and O–H groups in total. The van der Waals surface area contributed by atoms with Crippen molar-refractivity contribution < 1.29 is 19.1 Å². The number of ketones is 1. The first-order valence-corrected chi connectivity index (χ1v) is 6.63. The summed E-state index contributed by atoms with van der Waals surface area (Å²) in [4.78, 5) is 23.3. The summed E-state index contributed by atoms with van der Waals surface area (Å²) in [6.45, 7) is 0. The average Bonchev–Trinajstić information content (AvgIpc) is 2.49. The monoisotopic (exact) mass is 324 g/mol. The van der Waals surface area contributed by atoms with E-state index >= 15 is 0 Å². The van der Waals surface area contributed by atoms with Gasteiger partial charge in [-0.1, -0.05) is 35.3 Å². The van der Waals surface area contributed by atoms with Gasteiger partial charge in [0.05, 0.1) is 17.7 Å². The van der Waals surface area contributed by atoms with E-state index in [2.05, 4.69) is 4.74 Å². The molecule has 0 spiro atoms. The Bertz CT molecular complexity index is 698. The van der Waals surface area contributed by atoms with Gasteiger partial charge in [-0.2, -0.15) is 0 Å². The van der Waals surface area contributed by atoms with E-state index in [0.29, 0.717) is 15.8 Å². The van der Waals surface area contributed by atoms with Crippen LogP contribution in [0.3, 0.4) is 0 Å². The number of carbonyl (C=O) groups is 2. The van der Waals surface area contributed by atoms with Crippen LogP contribution in [0.1, 0.15) is 10.4 Å². The summed E-state index contributed by atoms with van der Waals surface area (Å²) >= 11 is 11.8. The van der Waals surface area contributed by atoms with Gasteiger partial charge in [0.25, 0.3) is 5.78 Å². The van der Waals surface area contributed by atoms with Crippen molar-refractivity contribution in [3.05, 3.63) is 58.1 Å². The largest absolute Gasteiger partial charge is 0.463 e. The Kier molecular flexibility index (Phi) is 4.83. The molecule has 0 aliphatic carbocycles. The van der Waals surface area contributed by atoms with Gasteiger partial charge in [0, 0.05) is 5.02 Å². The molecule has 0 amide bonds. The zero-order valence-electron chi connectivity index (χ0n) is 10.9. The minimum Gasteiger partial charge on any atom is -0.463 e. The number of para-hydroxylation sites is 1. The number of rotatable bonds is 4. The third-order valence-electron chi connectivity index (χ3n) is 2.62. The first kappa shape index (κ1) is 15.4. The molecule has 0 radical (unpaired) electrons. The zero-order valence-corrected chi connectivity index (χ0v) is 12.4. The molecule has 21 heavy (non-hydrogen) atoms. The molecule has 108 valence electrons. The van der Waals surface area contributed by atoms with Gasteiger partial charge in [-0.25, -0.2) is 4.79 Å². The fourth-order valence-electron chi connectivity index (χ4n) is 1.62. The highest BCUT2D eigenvalue weighted by Gasteiger charge is 2.21. The highest BCUT2D eigenvalue weighted by molar-refractivity contribution is 6.41. The van der Waals surface area contributed by atoms with Gasteiger partial charge in [-0.15, -0.1) is 0 Å². The normalized spacial score (nSPS) is 10.0. The summed E-state index contributed by atoms with van der Waals surface area (Å²) in [6, 6.07) is 11.0. The fourth-order valence-corrected chi connectivity index (χ4v) is 2.07. The lowest BCUT2D eigenvalue weighted by Gasteiger charge is -2.11. The minimum absolute atomic E-state index is 0.0929. The van der Waals surface area contributed by atoms with E-state index in [-0.39, 0.29) is 11.3 Å². The van der Waals surface area contributed by atoms with Crippen molar-refractivity contribution in [2.45, 2.75) is 0 Å². The number of hydrogen-bond donors (Lipinski definition) is 0. The number of benzene rings is 2. The molecule has 4 nitrogen and oxygen atoms in total. The molecule has 6 heteroatoms. The van der Waals surface area contributed by atoms with Crippen molar-refractivity contribution in [2.75, 3.05) is 7.11 Å². The number of halogens is 2. The molecule has 2 aromatic rings. The van der Waals surface area contributed by atoms with E-state index in [1.54, 1.807) is 30.3 Å². The van der Waals surface area contributed by atoms with E-state index in [1.165, 1.54) is 12.1 Å². The van der Waals surface area contributed by atoms with E-state index in [1.807, 2.05) is 0 Å². The molecule has 2 rings (SSSR count). The third-order valence-corrected chi connectivity index (χ3v) is 3.15. The molecular formula is C15H10Cl2O4. The number of carbonyl (C=O) groups excluding carboxylic acids is 2. The van der Waals surface area contributed by atoms with Crippen LogP contribution in [0.4, 0.5) is 0 Å². The minimum atomic E-state index is -0.965. The predicted molar refractivity (Wildman–Crippen MR) is 79.3 cm³/mol. The van der Waals surface area contributed by atoms with E-state index in [0.717, 1.165) is 7.11 Å². The Morgan fingerprint density at radius 1 is 1.00 bits per heavy atom. The Hall–Kier alpha value is -2.04. The number of Topliss-reactive ketones (excluding diaryl/α,β-unsaturated/α-hetero) is 1. The van der Waals surface area contributed by atoms with Crippen molar-refractivity contribution in [3.63, 3.8) is 0 Å². The third kappa shape index (κ3) is 3.54. The molecular weight excluding hydrogens is 315 g/mol. The molecule has 0 aliphatic rings. The van der Waals surface area contributed by atoms with Crippen LogP contribution in [-0.4, -0.2) is 18.9 Å². The smallest absolute Gasteiger partial charge is 0.379 e. The number of hydrogen-bond acceptors (Lipinski definition) is 4. The molecule has 0 heterocycles. The maximum Gasteiger partial charge on any atom is 0.379 e. The summed E-state index contributed by atoms with van der Waals surface area (Å²) in [5, 5.41) is 0.758. The molecule has 0 bridgehead atoms. The lowest BCUT2D eigenvalue weighted by molar-refractivity contribution is -0.135. The quantitative estimate of drug-likeness (QED) is 0.482. The van der Waals surface area contributed by atoms with Crippen LogP contribution in [0, 0.1) is 0 Å². The summed E-state index contributed by atoms with van der Waals surface area (Å²) in [5.41, 5.74) is 0.0929.